The van der Waals surface area contributed by atoms with Crippen LogP contribution < -0.4 is 30.5 Å². The number of fused-ring (bicyclic) bond motifs is 1. The van der Waals surface area contributed by atoms with Crippen molar-refractivity contribution in [2.75, 3.05) is 41.8 Å². The van der Waals surface area contributed by atoms with E-state index in [9.17, 15) is 32.7 Å². The second kappa shape index (κ2) is 25.2. The Morgan fingerprint density at radius 2 is 1.54 bits per heavy atom. The molecule has 8 aromatic rings. The number of nitrogens with zero attached hydrogens (tertiary/aromatic N) is 11. The Kier molecular flexibility index (Phi) is 17.2. The maximum absolute atomic E-state index is 14.8. The standard InChI is InChI=1S/C68H79N15O7S3/c1-38-26-56(77-78-60(38)76-66-73-53-10-9-23-69-64(53)92-66)80(8)55-20-19-51(52-34-71-83(41(52)4)36-68-31-42-27-43(32-68)29-44(28-42)33-68)57(74-55)63(87)79-93(89,90)50-17-15-48(16-18-50)81-24-21-47(22-25-81)61(85)75-59(67(5,6)7)65(88)82-35-49(84)30-54(82)62(86)72-39(2)45-11-13-46(14-12-45)58-40(3)70-37-91-58/h9-20,23,26,34,37,39,42-44,47,49,54,59,84H,21-22,24-25,27-33,35-36H2,1-8H3,(H,72,86)(H,75,85)(H,79,87)(H,73,76,78)/t39-,42?,43?,44?,49+,54-,59+,68?/m0/s1. The molecule has 5 N–H and O–H groups in total. The quantitative estimate of drug-likeness (QED) is 0.0534. The molecule has 22 nitrogen and oxygen atoms in total. The number of anilines is 5. The summed E-state index contributed by atoms with van der Waals surface area (Å²) in [6.07, 6.45) is 11.1. The van der Waals surface area contributed by atoms with Gasteiger partial charge >= 0.3 is 0 Å². The number of thiazole rings is 2. The topological polar surface area (TPSA) is 276 Å². The number of piperidine rings is 1. The van der Waals surface area contributed by atoms with Crippen molar-refractivity contribution in [1.29, 1.82) is 0 Å². The van der Waals surface area contributed by atoms with Crippen molar-refractivity contribution in [3.63, 3.8) is 0 Å². The summed E-state index contributed by atoms with van der Waals surface area (Å²) in [7, 11) is -2.71. The van der Waals surface area contributed by atoms with Crippen LogP contribution in [0.3, 0.4) is 0 Å². The van der Waals surface area contributed by atoms with Crippen LogP contribution in [-0.2, 0) is 31.0 Å². The summed E-state index contributed by atoms with van der Waals surface area (Å²) >= 11 is 2.97. The van der Waals surface area contributed by atoms with Gasteiger partial charge in [0.1, 0.15) is 33.9 Å². The molecule has 2 aliphatic heterocycles. The number of carbonyl (C=O) groups is 4. The molecule has 6 fully saturated rings. The van der Waals surface area contributed by atoms with E-state index in [2.05, 4.69) is 55.4 Å². The normalized spacial score (nSPS) is 22.0. The average molecular weight is 1310 g/mol. The number of carbonyl (C=O) groups excluding carboxylic acids is 4. The molecule has 0 radical (unpaired) electrons. The smallest absolute Gasteiger partial charge is 0.284 e. The molecule has 4 saturated carbocycles. The molecular weight excluding hydrogens is 1240 g/mol. The Labute approximate surface area is 549 Å². The molecule has 4 atom stereocenters. The van der Waals surface area contributed by atoms with Crippen LogP contribution in [0.15, 0.2) is 102 Å². The molecule has 4 bridgehead atoms. The van der Waals surface area contributed by atoms with Crippen molar-refractivity contribution in [1.82, 2.24) is 60.2 Å². The molecule has 6 aliphatic rings. The molecule has 14 rings (SSSR count). The Hall–Kier alpha value is -8.26. The third-order valence-corrected chi connectivity index (χ3v) is 23.1. The predicted molar refractivity (Wildman–Crippen MR) is 359 cm³/mol. The van der Waals surface area contributed by atoms with Gasteiger partial charge in [-0.2, -0.15) is 5.10 Å². The van der Waals surface area contributed by atoms with Gasteiger partial charge in [-0.25, -0.2) is 33.1 Å². The number of amides is 4. The lowest BCUT2D eigenvalue weighted by Crippen LogP contribution is -2.59. The number of pyridine rings is 2. The van der Waals surface area contributed by atoms with E-state index in [4.69, 9.17) is 10.1 Å². The molecule has 6 aromatic heterocycles. The number of aryl methyl sites for hydroxylation is 2. The zero-order valence-electron chi connectivity index (χ0n) is 53.6. The van der Waals surface area contributed by atoms with Crippen LogP contribution in [0.25, 0.3) is 31.9 Å². The zero-order valence-corrected chi connectivity index (χ0v) is 56.0. The minimum atomic E-state index is -4.47. The van der Waals surface area contributed by atoms with Crippen LogP contribution >= 0.6 is 22.7 Å². The van der Waals surface area contributed by atoms with Crippen molar-refractivity contribution in [3.05, 3.63) is 125 Å². The van der Waals surface area contributed by atoms with Crippen molar-refractivity contribution in [2.45, 2.75) is 142 Å². The lowest BCUT2D eigenvalue weighted by molar-refractivity contribution is -0.144. The van der Waals surface area contributed by atoms with E-state index in [-0.39, 0.29) is 46.8 Å². The number of sulfonamides is 1. The molecular formula is C68H79N15O7S3. The molecule has 2 aromatic carbocycles. The van der Waals surface area contributed by atoms with Gasteiger partial charge in [-0.3, -0.25) is 23.9 Å². The van der Waals surface area contributed by atoms with Crippen LogP contribution in [0.4, 0.5) is 28.3 Å². The number of hydrogen-bond acceptors (Lipinski definition) is 19. The molecule has 0 spiro atoms. The average Bonchev–Trinajstić information content (AvgIpc) is 1.77. The highest BCUT2D eigenvalue weighted by Crippen LogP contribution is 2.60. The molecule has 2 saturated heterocycles. The number of nitrogens with one attached hydrogen (secondary N) is 4. The van der Waals surface area contributed by atoms with Crippen molar-refractivity contribution >= 4 is 94.9 Å². The van der Waals surface area contributed by atoms with Crippen LogP contribution in [-0.4, -0.2) is 127 Å². The number of benzene rings is 2. The third-order valence-electron chi connectivity index (χ3n) is 19.8. The summed E-state index contributed by atoms with van der Waals surface area (Å²) in [6.45, 7) is 15.0. The first-order valence-electron chi connectivity index (χ1n) is 32.1. The Morgan fingerprint density at radius 1 is 0.828 bits per heavy atom. The van der Waals surface area contributed by atoms with Crippen LogP contribution in [0.2, 0.25) is 0 Å². The highest BCUT2D eigenvalue weighted by atomic mass is 32.2. The molecule has 0 unspecified atom stereocenters. The van der Waals surface area contributed by atoms with Gasteiger partial charge in [0.05, 0.1) is 39.3 Å². The van der Waals surface area contributed by atoms with Gasteiger partial charge in [0.15, 0.2) is 16.8 Å². The van der Waals surface area contributed by atoms with Crippen LogP contribution in [0.5, 0.6) is 0 Å². The SMILES string of the molecule is Cc1cc(N(C)c2ccc(-c3cnn(CC45CC6CC(CC(C6)C4)C5)c3C)c(C(=O)NS(=O)(=O)c3ccc(N4CCC(C(=O)N[C@H](C(=O)N5C[C@H](O)C[C@H]5C(=O)N[C@@H](C)c5ccc(-c6scnc6C)cc5)C(C)(C)C)CC4)cc3)n2)nnc1Nc1nc2cccnc2s1. The number of aliphatic hydroxyl groups is 1. The summed E-state index contributed by atoms with van der Waals surface area (Å²) in [5.41, 5.74) is 8.26. The monoisotopic (exact) mass is 1310 g/mol. The fourth-order valence-electron chi connectivity index (χ4n) is 15.2. The summed E-state index contributed by atoms with van der Waals surface area (Å²) in [4.78, 5) is 82.6. The minimum Gasteiger partial charge on any atom is -0.391 e. The Morgan fingerprint density at radius 3 is 2.19 bits per heavy atom. The van der Waals surface area contributed by atoms with Crippen molar-refractivity contribution in [2.24, 2.45) is 34.5 Å². The van der Waals surface area contributed by atoms with E-state index in [1.807, 2.05) is 96.4 Å². The number of aliphatic hydroxyl groups excluding tert-OH is 1. The number of β-amino-alcohol motifs (C(OH)–C–C–N with tert-alkyl or cyclic N) is 1. The lowest BCUT2D eigenvalue weighted by atomic mass is 9.49. The van der Waals surface area contributed by atoms with Gasteiger partial charge in [-0.05, 0) is 179 Å². The first-order valence-corrected chi connectivity index (χ1v) is 35.2. The zero-order chi connectivity index (χ0) is 65.3. The minimum absolute atomic E-state index is 0.0442. The third kappa shape index (κ3) is 13.1. The number of hydrogen-bond donors (Lipinski definition) is 5. The number of rotatable bonds is 18. The summed E-state index contributed by atoms with van der Waals surface area (Å²) in [5.74, 6) is 1.09. The van der Waals surface area contributed by atoms with E-state index in [0.29, 0.717) is 59.6 Å². The van der Waals surface area contributed by atoms with Gasteiger partial charge in [-0.15, -0.1) is 21.5 Å². The first kappa shape index (κ1) is 63.5. The van der Waals surface area contributed by atoms with Gasteiger partial charge in [0.25, 0.3) is 15.9 Å². The molecule has 8 heterocycles. The van der Waals surface area contributed by atoms with E-state index < -0.39 is 51.4 Å². The maximum Gasteiger partial charge on any atom is 0.284 e. The van der Waals surface area contributed by atoms with Crippen molar-refractivity contribution < 1.29 is 32.7 Å². The highest BCUT2D eigenvalue weighted by Gasteiger charge is 2.51. The van der Waals surface area contributed by atoms with E-state index >= 15 is 0 Å². The van der Waals surface area contributed by atoms with E-state index in [0.717, 1.165) is 73.3 Å². The summed E-state index contributed by atoms with van der Waals surface area (Å²) in [5, 5.41) is 34.8. The maximum atomic E-state index is 14.8. The molecule has 4 aliphatic carbocycles. The second-order valence-electron chi connectivity index (χ2n) is 27.6. The molecule has 93 heavy (non-hydrogen) atoms. The number of likely N-dealkylation sites (tertiary alicyclic amines) is 1. The lowest BCUT2D eigenvalue weighted by Gasteiger charge is -2.56. The number of aromatic nitrogens is 8. The highest BCUT2D eigenvalue weighted by molar-refractivity contribution is 7.90. The fourth-order valence-corrected chi connectivity index (χ4v) is 17.8. The molecule has 4 amide bonds. The molecule has 25 heteroatoms. The Bertz CT molecular complexity index is 4200. The fraction of sp³-hybridized carbons (Fsp3) is 0.456. The first-order chi connectivity index (χ1) is 44.4. The van der Waals surface area contributed by atoms with Gasteiger partial charge in [0, 0.05) is 74.3 Å². The Balaban J connectivity index is 0.669. The van der Waals surface area contributed by atoms with E-state index in [1.54, 1.807) is 59.9 Å². The van der Waals surface area contributed by atoms with Gasteiger partial charge in [-0.1, -0.05) is 56.4 Å². The van der Waals surface area contributed by atoms with Gasteiger partial charge in [0.2, 0.25) is 17.7 Å². The summed E-state index contributed by atoms with van der Waals surface area (Å²) in [6, 6.07) is 21.0. The van der Waals surface area contributed by atoms with E-state index in [1.165, 1.54) is 66.9 Å². The second-order valence-corrected chi connectivity index (χ2v) is 31.1. The van der Waals surface area contributed by atoms with Crippen molar-refractivity contribution in [3.8, 4) is 21.6 Å². The van der Waals surface area contributed by atoms with Gasteiger partial charge < -0.3 is 35.8 Å². The van der Waals surface area contributed by atoms with Crippen LogP contribution in [0.1, 0.15) is 125 Å². The molecule has 486 valence electrons. The van der Waals surface area contributed by atoms with Crippen LogP contribution in [0, 0.1) is 55.3 Å². The largest absolute Gasteiger partial charge is 0.391 e. The predicted octanol–water partition coefficient (Wildman–Crippen LogP) is 10.2. The summed E-state index contributed by atoms with van der Waals surface area (Å²) < 4.78 is 33.1.